The predicted octanol–water partition coefficient (Wildman–Crippen LogP) is 3.95. The summed E-state index contributed by atoms with van der Waals surface area (Å²) in [6.07, 6.45) is 9.29. The molecular formula is C26H34IN7. The first-order valence-electron chi connectivity index (χ1n) is 12.0. The van der Waals surface area contributed by atoms with Gasteiger partial charge in [0, 0.05) is 57.9 Å². The highest BCUT2D eigenvalue weighted by Gasteiger charge is 2.36. The molecule has 0 amide bonds. The third-order valence-corrected chi connectivity index (χ3v) is 6.92. The minimum Gasteiger partial charge on any atom is -0.352 e. The summed E-state index contributed by atoms with van der Waals surface area (Å²) in [6, 6.07) is 17.6. The number of benzene rings is 1. The average molecular weight is 572 g/mol. The second-order valence-corrected chi connectivity index (χ2v) is 9.03. The lowest BCUT2D eigenvalue weighted by Gasteiger charge is -2.48. The Morgan fingerprint density at radius 2 is 1.94 bits per heavy atom. The van der Waals surface area contributed by atoms with Crippen LogP contribution in [-0.2, 0) is 13.1 Å². The number of aliphatic imine (C=N–C) groups is 1. The van der Waals surface area contributed by atoms with Gasteiger partial charge in [-0.05, 0) is 61.1 Å². The number of guanidine groups is 1. The number of nitrogens with one attached hydrogen (secondary N) is 1. The van der Waals surface area contributed by atoms with Gasteiger partial charge in [0.25, 0.3) is 0 Å². The van der Waals surface area contributed by atoms with Crippen LogP contribution in [0.3, 0.4) is 0 Å². The number of rotatable bonds is 5. The molecule has 2 saturated heterocycles. The van der Waals surface area contributed by atoms with Crippen LogP contribution in [0.1, 0.15) is 30.4 Å². The van der Waals surface area contributed by atoms with Crippen molar-refractivity contribution in [1.82, 2.24) is 29.9 Å². The number of piperidine rings is 2. The second-order valence-electron chi connectivity index (χ2n) is 9.03. The molecule has 1 aromatic carbocycles. The van der Waals surface area contributed by atoms with E-state index in [9.17, 15) is 0 Å². The van der Waals surface area contributed by atoms with E-state index in [1.165, 1.54) is 36.9 Å². The summed E-state index contributed by atoms with van der Waals surface area (Å²) >= 11 is 0. The third-order valence-electron chi connectivity index (χ3n) is 6.92. The van der Waals surface area contributed by atoms with Crippen LogP contribution in [0, 0.1) is 5.92 Å². The molecule has 4 heterocycles. The van der Waals surface area contributed by atoms with Gasteiger partial charge in [-0.25, -0.2) is 9.67 Å². The van der Waals surface area contributed by atoms with Crippen LogP contribution < -0.4 is 5.32 Å². The smallest absolute Gasteiger partial charge is 0.193 e. The van der Waals surface area contributed by atoms with Gasteiger partial charge in [0.2, 0.25) is 0 Å². The van der Waals surface area contributed by atoms with Crippen LogP contribution in [0.5, 0.6) is 0 Å². The summed E-state index contributed by atoms with van der Waals surface area (Å²) in [5.41, 5.74) is 2.59. The van der Waals surface area contributed by atoms with Crippen LogP contribution >= 0.6 is 24.0 Å². The zero-order valence-corrected chi connectivity index (χ0v) is 22.1. The van der Waals surface area contributed by atoms with Crippen molar-refractivity contribution in [3.05, 3.63) is 78.2 Å². The largest absolute Gasteiger partial charge is 0.352 e. The fraction of sp³-hybridized carbons (Fsp3) is 0.423. The van der Waals surface area contributed by atoms with Crippen molar-refractivity contribution in [2.24, 2.45) is 10.9 Å². The van der Waals surface area contributed by atoms with Gasteiger partial charge in [-0.3, -0.25) is 9.89 Å². The van der Waals surface area contributed by atoms with Crippen molar-refractivity contribution < 1.29 is 0 Å². The lowest BCUT2D eigenvalue weighted by molar-refractivity contribution is 0.0372. The number of hydrogen-bond donors (Lipinski definition) is 1. The van der Waals surface area contributed by atoms with Gasteiger partial charge in [0.05, 0.1) is 0 Å². The molecule has 8 heteroatoms. The molecule has 3 aromatic rings. The highest BCUT2D eigenvalue weighted by molar-refractivity contribution is 14.0. The number of aromatic nitrogens is 3. The van der Waals surface area contributed by atoms with E-state index in [0.717, 1.165) is 31.4 Å². The Morgan fingerprint density at radius 1 is 1.06 bits per heavy atom. The molecule has 2 atom stereocenters. The van der Waals surface area contributed by atoms with Crippen molar-refractivity contribution in [3.63, 3.8) is 0 Å². The van der Waals surface area contributed by atoms with Crippen molar-refractivity contribution in [3.8, 4) is 5.82 Å². The van der Waals surface area contributed by atoms with Crippen LogP contribution in [0.25, 0.3) is 5.82 Å². The SMILES string of the molecule is CN=C(NCc1ccnc(-n2cccn2)c1)N1CCC2C(CCCN2Cc2ccccc2)C1.I. The zero-order valence-electron chi connectivity index (χ0n) is 19.8. The molecule has 5 rings (SSSR count). The van der Waals surface area contributed by atoms with Crippen molar-refractivity contribution in [2.45, 2.75) is 38.4 Å². The maximum absolute atomic E-state index is 4.61. The Balaban J connectivity index is 0.00000274. The quantitative estimate of drug-likeness (QED) is 0.286. The minimum absolute atomic E-state index is 0. The Kier molecular flexibility index (Phi) is 8.55. The molecule has 0 saturated carbocycles. The van der Waals surface area contributed by atoms with Gasteiger partial charge in [0.15, 0.2) is 11.8 Å². The van der Waals surface area contributed by atoms with Crippen molar-refractivity contribution in [2.75, 3.05) is 26.7 Å². The Labute approximate surface area is 219 Å². The Morgan fingerprint density at radius 3 is 2.74 bits per heavy atom. The predicted molar refractivity (Wildman–Crippen MR) is 147 cm³/mol. The van der Waals surface area contributed by atoms with Gasteiger partial charge in [-0.1, -0.05) is 30.3 Å². The number of likely N-dealkylation sites (tertiary alicyclic amines) is 2. The number of nitrogens with zero attached hydrogens (tertiary/aromatic N) is 6. The molecule has 0 spiro atoms. The van der Waals surface area contributed by atoms with Crippen molar-refractivity contribution >= 4 is 29.9 Å². The fourth-order valence-corrected chi connectivity index (χ4v) is 5.33. The van der Waals surface area contributed by atoms with Gasteiger partial charge in [-0.2, -0.15) is 5.10 Å². The number of fused-ring (bicyclic) bond motifs is 1. The average Bonchev–Trinajstić information content (AvgIpc) is 3.41. The Hall–Kier alpha value is -2.46. The van der Waals surface area contributed by atoms with Crippen LogP contribution in [0.2, 0.25) is 0 Å². The molecule has 1 N–H and O–H groups in total. The van der Waals surface area contributed by atoms with E-state index in [1.54, 1.807) is 10.9 Å². The number of hydrogen-bond acceptors (Lipinski definition) is 4. The summed E-state index contributed by atoms with van der Waals surface area (Å²) in [6.45, 7) is 5.11. The van der Waals surface area contributed by atoms with E-state index >= 15 is 0 Å². The summed E-state index contributed by atoms with van der Waals surface area (Å²) in [4.78, 5) is 14.2. The van der Waals surface area contributed by atoms with Crippen LogP contribution in [0.4, 0.5) is 0 Å². The zero-order chi connectivity index (χ0) is 22.5. The molecule has 180 valence electrons. The molecule has 2 aliphatic rings. The van der Waals surface area contributed by atoms with E-state index < -0.39 is 0 Å². The van der Waals surface area contributed by atoms with E-state index in [-0.39, 0.29) is 24.0 Å². The molecular weight excluding hydrogens is 537 g/mol. The number of halogens is 1. The van der Waals surface area contributed by atoms with Gasteiger partial charge in [0.1, 0.15) is 0 Å². The molecule has 0 bridgehead atoms. The van der Waals surface area contributed by atoms with Crippen LogP contribution in [0.15, 0.2) is 72.1 Å². The minimum atomic E-state index is 0. The summed E-state index contributed by atoms with van der Waals surface area (Å²) in [5.74, 6) is 2.52. The van der Waals surface area contributed by atoms with Crippen molar-refractivity contribution in [1.29, 1.82) is 0 Å². The molecule has 0 radical (unpaired) electrons. The van der Waals surface area contributed by atoms with Gasteiger partial charge < -0.3 is 10.2 Å². The number of pyridine rings is 1. The second kappa shape index (κ2) is 11.8. The van der Waals surface area contributed by atoms with E-state index in [0.29, 0.717) is 18.5 Å². The lowest BCUT2D eigenvalue weighted by atomic mass is 9.83. The summed E-state index contributed by atoms with van der Waals surface area (Å²) in [7, 11) is 1.89. The monoisotopic (exact) mass is 571 g/mol. The lowest BCUT2D eigenvalue weighted by Crippen LogP contribution is -2.56. The van der Waals surface area contributed by atoms with Gasteiger partial charge >= 0.3 is 0 Å². The Bertz CT molecular complexity index is 1050. The maximum Gasteiger partial charge on any atom is 0.193 e. The van der Waals surface area contributed by atoms with E-state index in [1.807, 2.05) is 31.6 Å². The third kappa shape index (κ3) is 5.78. The molecule has 2 unspecified atom stereocenters. The topological polar surface area (TPSA) is 61.6 Å². The molecule has 34 heavy (non-hydrogen) atoms. The normalized spacial score (nSPS) is 21.0. The van der Waals surface area contributed by atoms with E-state index in [2.05, 4.69) is 66.6 Å². The van der Waals surface area contributed by atoms with E-state index in [4.69, 9.17) is 0 Å². The molecule has 2 fully saturated rings. The molecule has 2 aliphatic heterocycles. The maximum atomic E-state index is 4.61. The first-order valence-corrected chi connectivity index (χ1v) is 12.0. The van der Waals surface area contributed by atoms with Gasteiger partial charge in [-0.15, -0.1) is 24.0 Å². The first-order chi connectivity index (χ1) is 16.3. The first kappa shape index (κ1) is 24.7. The summed E-state index contributed by atoms with van der Waals surface area (Å²) in [5, 5.41) is 7.86. The fourth-order valence-electron chi connectivity index (χ4n) is 5.33. The summed E-state index contributed by atoms with van der Waals surface area (Å²) < 4.78 is 1.79. The highest BCUT2D eigenvalue weighted by Crippen LogP contribution is 2.31. The standard InChI is InChI=1S/C26H33N7.HI/c1-27-26(29-18-22-10-13-28-25(17-22)33-15-6-12-30-33)32-16-11-24-23(20-32)9-5-14-31(24)19-21-7-3-2-4-8-21;/h2-4,6-8,10,12-13,15,17,23-24H,5,9,11,14,16,18-20H2,1H3,(H,27,29);1H. The molecule has 0 aliphatic carbocycles. The molecule has 2 aromatic heterocycles. The highest BCUT2D eigenvalue weighted by atomic mass is 127. The van der Waals surface area contributed by atoms with Crippen LogP contribution in [-0.4, -0.2) is 63.2 Å². The molecule has 7 nitrogen and oxygen atoms in total.